The number of rotatable bonds is 15. The molecule has 1 heterocycles. The molecule has 1 saturated heterocycles. The minimum Gasteiger partial charge on any atom is -0.479 e. The standard InChI is InChI=1S/C24H38N2O5.C8H8O/c1-16(13-14-26-15-19-11-5-4-6-12-19)9-7-8-10-17(2)30-24-20(25)18(3)21(27)22(31-24)23(28)29;9-7-6-8-4-2-1-3-5-8/h4-6,11-12,16,18,20-22,24,26-27H,2,7-10,13-15,25H2,1,3H3,(H,28,29);1-5,7H,6H2. The molecule has 0 bridgehead atoms. The van der Waals surface area contributed by atoms with E-state index in [4.69, 9.17) is 15.2 Å². The largest absolute Gasteiger partial charge is 0.479 e. The van der Waals surface area contributed by atoms with E-state index in [9.17, 15) is 19.8 Å². The number of ether oxygens (including phenoxy) is 2. The van der Waals surface area contributed by atoms with Crippen molar-refractivity contribution < 1.29 is 29.3 Å². The van der Waals surface area contributed by atoms with E-state index >= 15 is 0 Å². The monoisotopic (exact) mass is 554 g/mol. The molecule has 3 rings (SSSR count). The fraction of sp³-hybridized carbons (Fsp3) is 0.500. The van der Waals surface area contributed by atoms with Crippen LogP contribution < -0.4 is 11.1 Å². The highest BCUT2D eigenvalue weighted by molar-refractivity contribution is 5.73. The molecule has 0 aromatic heterocycles. The third-order valence-corrected chi connectivity index (χ3v) is 7.13. The van der Waals surface area contributed by atoms with E-state index in [0.717, 1.165) is 50.6 Å². The van der Waals surface area contributed by atoms with E-state index in [-0.39, 0.29) is 0 Å². The van der Waals surface area contributed by atoms with Gasteiger partial charge in [0.1, 0.15) is 6.29 Å². The molecule has 6 unspecified atom stereocenters. The third kappa shape index (κ3) is 12.0. The Labute approximate surface area is 238 Å². The summed E-state index contributed by atoms with van der Waals surface area (Å²) in [6.07, 6.45) is 2.94. The number of allylic oxidation sites excluding steroid dienone is 1. The van der Waals surface area contributed by atoms with Gasteiger partial charge in [0, 0.05) is 25.3 Å². The molecule has 8 heteroatoms. The summed E-state index contributed by atoms with van der Waals surface area (Å²) < 4.78 is 11.1. The van der Waals surface area contributed by atoms with Gasteiger partial charge in [-0.1, -0.05) is 93.9 Å². The fourth-order valence-corrected chi connectivity index (χ4v) is 4.45. The second kappa shape index (κ2) is 18.3. The number of carboxylic acid groups (broad SMARTS) is 1. The lowest BCUT2D eigenvalue weighted by Gasteiger charge is -2.40. The minimum atomic E-state index is -1.34. The molecular weight excluding hydrogens is 508 g/mol. The zero-order valence-corrected chi connectivity index (χ0v) is 23.8. The predicted octanol–water partition coefficient (Wildman–Crippen LogP) is 4.45. The number of aliphatic carboxylic acids is 1. The molecule has 8 nitrogen and oxygen atoms in total. The Morgan fingerprint density at radius 1 is 1.10 bits per heavy atom. The Bertz CT molecular complexity index is 1000. The van der Waals surface area contributed by atoms with Gasteiger partial charge in [0.15, 0.2) is 6.10 Å². The van der Waals surface area contributed by atoms with Crippen LogP contribution in [0.4, 0.5) is 0 Å². The zero-order chi connectivity index (χ0) is 29.3. The molecule has 1 aliphatic rings. The second-order valence-corrected chi connectivity index (χ2v) is 10.5. The van der Waals surface area contributed by atoms with Crippen LogP contribution >= 0.6 is 0 Å². The number of unbranched alkanes of at least 4 members (excludes halogenated alkanes) is 1. The lowest BCUT2D eigenvalue weighted by molar-refractivity contribution is -0.237. The number of aliphatic hydroxyl groups excluding tert-OH is 1. The summed E-state index contributed by atoms with van der Waals surface area (Å²) in [7, 11) is 0. The van der Waals surface area contributed by atoms with Crippen LogP contribution in [0.2, 0.25) is 0 Å². The van der Waals surface area contributed by atoms with Gasteiger partial charge in [0.05, 0.1) is 17.9 Å². The van der Waals surface area contributed by atoms with Crippen LogP contribution in [0.15, 0.2) is 73.0 Å². The number of hydrogen-bond acceptors (Lipinski definition) is 7. The van der Waals surface area contributed by atoms with Crippen LogP contribution in [-0.2, 0) is 32.0 Å². The van der Waals surface area contributed by atoms with Gasteiger partial charge < -0.3 is 35.5 Å². The molecule has 0 spiro atoms. The van der Waals surface area contributed by atoms with Gasteiger partial charge in [-0.2, -0.15) is 0 Å². The number of aliphatic hydroxyl groups is 1. The number of nitrogens with two attached hydrogens (primary N) is 1. The zero-order valence-electron chi connectivity index (χ0n) is 23.8. The average Bonchev–Trinajstić information content (AvgIpc) is 2.95. The van der Waals surface area contributed by atoms with Gasteiger partial charge in [-0.15, -0.1) is 0 Å². The summed E-state index contributed by atoms with van der Waals surface area (Å²) in [5.41, 5.74) is 8.44. The lowest BCUT2D eigenvalue weighted by atomic mass is 9.89. The molecule has 40 heavy (non-hydrogen) atoms. The first-order valence-corrected chi connectivity index (χ1v) is 14.1. The van der Waals surface area contributed by atoms with Crippen molar-refractivity contribution in [1.82, 2.24) is 5.32 Å². The first-order valence-electron chi connectivity index (χ1n) is 14.1. The molecule has 0 saturated carbocycles. The number of benzene rings is 2. The highest BCUT2D eigenvalue weighted by atomic mass is 16.7. The van der Waals surface area contributed by atoms with Crippen molar-refractivity contribution in [3.8, 4) is 0 Å². The van der Waals surface area contributed by atoms with E-state index in [1.54, 1.807) is 6.92 Å². The third-order valence-electron chi connectivity index (χ3n) is 7.13. The van der Waals surface area contributed by atoms with Crippen molar-refractivity contribution in [2.75, 3.05) is 6.54 Å². The molecular formula is C32H46N2O6. The molecule has 1 aliphatic heterocycles. The summed E-state index contributed by atoms with van der Waals surface area (Å²) in [5, 5.41) is 22.7. The van der Waals surface area contributed by atoms with Crippen LogP contribution in [0, 0.1) is 11.8 Å². The fourth-order valence-electron chi connectivity index (χ4n) is 4.45. The summed E-state index contributed by atoms with van der Waals surface area (Å²) in [6.45, 7) is 9.78. The number of carbonyl (C=O) groups is 2. The van der Waals surface area contributed by atoms with Crippen LogP contribution in [0.3, 0.4) is 0 Å². The van der Waals surface area contributed by atoms with Gasteiger partial charge in [-0.25, -0.2) is 4.79 Å². The summed E-state index contributed by atoms with van der Waals surface area (Å²) in [5.74, 6) is -0.515. The normalized spacial score (nSPS) is 22.9. The van der Waals surface area contributed by atoms with E-state index in [0.29, 0.717) is 24.5 Å². The number of nitrogens with one attached hydrogen (secondary N) is 1. The predicted molar refractivity (Wildman–Crippen MR) is 156 cm³/mol. The quantitative estimate of drug-likeness (QED) is 0.144. The first-order chi connectivity index (χ1) is 19.2. The Balaban J connectivity index is 0.000000526. The van der Waals surface area contributed by atoms with Crippen molar-refractivity contribution in [3.63, 3.8) is 0 Å². The lowest BCUT2D eigenvalue weighted by Crippen LogP contribution is -2.59. The molecule has 2 aromatic rings. The Hall–Kier alpha value is -3.04. The molecule has 1 fully saturated rings. The summed E-state index contributed by atoms with van der Waals surface area (Å²) >= 11 is 0. The minimum absolute atomic E-state index is 0.455. The van der Waals surface area contributed by atoms with Crippen molar-refractivity contribution in [2.45, 2.75) is 83.5 Å². The van der Waals surface area contributed by atoms with Gasteiger partial charge in [0.2, 0.25) is 6.29 Å². The maximum absolute atomic E-state index is 11.3. The highest BCUT2D eigenvalue weighted by Crippen LogP contribution is 2.27. The van der Waals surface area contributed by atoms with Gasteiger partial charge in [-0.05, 0) is 36.4 Å². The molecule has 2 aromatic carbocycles. The van der Waals surface area contributed by atoms with Crippen molar-refractivity contribution in [2.24, 2.45) is 17.6 Å². The molecule has 6 atom stereocenters. The van der Waals surface area contributed by atoms with Crippen LogP contribution in [0.5, 0.6) is 0 Å². The highest BCUT2D eigenvalue weighted by Gasteiger charge is 2.45. The topological polar surface area (TPSA) is 131 Å². The maximum atomic E-state index is 11.3. The number of carbonyl (C=O) groups excluding carboxylic acids is 1. The van der Waals surface area contributed by atoms with Crippen LogP contribution in [0.25, 0.3) is 0 Å². The Kier molecular flexibility index (Phi) is 15.2. The number of hydrogen-bond donors (Lipinski definition) is 4. The van der Waals surface area contributed by atoms with Gasteiger partial charge >= 0.3 is 5.97 Å². The van der Waals surface area contributed by atoms with E-state index in [2.05, 4.69) is 43.1 Å². The molecule has 220 valence electrons. The number of carboxylic acids is 1. The molecule has 0 amide bonds. The maximum Gasteiger partial charge on any atom is 0.335 e. The molecule has 0 radical (unpaired) electrons. The second-order valence-electron chi connectivity index (χ2n) is 10.5. The van der Waals surface area contributed by atoms with E-state index in [1.165, 1.54) is 5.56 Å². The number of aldehydes is 1. The van der Waals surface area contributed by atoms with Crippen molar-refractivity contribution in [1.29, 1.82) is 0 Å². The summed E-state index contributed by atoms with van der Waals surface area (Å²) in [4.78, 5) is 21.3. The molecule has 5 N–H and O–H groups in total. The van der Waals surface area contributed by atoms with Crippen LogP contribution in [-0.4, -0.2) is 53.6 Å². The van der Waals surface area contributed by atoms with Crippen molar-refractivity contribution in [3.05, 3.63) is 84.1 Å². The first kappa shape index (κ1) is 33.2. The van der Waals surface area contributed by atoms with Crippen LogP contribution in [0.1, 0.15) is 57.1 Å². The van der Waals surface area contributed by atoms with E-state index < -0.39 is 36.4 Å². The smallest absolute Gasteiger partial charge is 0.335 e. The SMILES string of the molecule is C=C(CCCCC(C)CCNCc1ccccc1)OC1OC(C(=O)O)C(O)C(C)C1N.O=CCc1ccccc1. The van der Waals surface area contributed by atoms with Gasteiger partial charge in [-0.3, -0.25) is 0 Å². The molecule has 0 aliphatic carbocycles. The van der Waals surface area contributed by atoms with E-state index in [1.807, 2.05) is 36.4 Å². The summed E-state index contributed by atoms with van der Waals surface area (Å²) in [6, 6.07) is 19.4. The van der Waals surface area contributed by atoms with Crippen molar-refractivity contribution >= 4 is 12.3 Å². The average molecular weight is 555 g/mol. The van der Waals surface area contributed by atoms with Gasteiger partial charge in [0.25, 0.3) is 0 Å². The Morgan fingerprint density at radius 2 is 1.73 bits per heavy atom. The Morgan fingerprint density at radius 3 is 2.33 bits per heavy atom.